The number of anilines is 1. The third-order valence-electron chi connectivity index (χ3n) is 3.03. The minimum atomic E-state index is 0.594. The lowest BCUT2D eigenvalue weighted by Gasteiger charge is -2.31. The molecule has 0 radical (unpaired) electrons. The lowest BCUT2D eigenvalue weighted by Crippen LogP contribution is -2.30. The van der Waals surface area contributed by atoms with E-state index >= 15 is 0 Å². The molecule has 1 aromatic heterocycles. The molecule has 1 aromatic rings. The second kappa shape index (κ2) is 4.47. The molecule has 15 heavy (non-hydrogen) atoms. The molecule has 2 atom stereocenters. The second-order valence-electron chi connectivity index (χ2n) is 4.88. The summed E-state index contributed by atoms with van der Waals surface area (Å²) < 4.78 is 0. The second-order valence-corrected chi connectivity index (χ2v) is 6.07. The molecule has 2 rings (SSSR count). The van der Waals surface area contributed by atoms with Crippen molar-refractivity contribution in [2.45, 2.75) is 46.1 Å². The van der Waals surface area contributed by atoms with Gasteiger partial charge in [-0.05, 0) is 38.0 Å². The lowest BCUT2D eigenvalue weighted by molar-refractivity contribution is 0.280. The average molecular weight is 225 g/mol. The molecular formula is C11H19N3S. The molecule has 1 N–H and O–H groups in total. The van der Waals surface area contributed by atoms with Gasteiger partial charge in [0.15, 0.2) is 0 Å². The highest BCUT2D eigenvalue weighted by Crippen LogP contribution is 2.30. The van der Waals surface area contributed by atoms with Gasteiger partial charge in [0.2, 0.25) is 5.13 Å². The minimum absolute atomic E-state index is 0.594. The smallest absolute Gasteiger partial charge is 0.205 e. The van der Waals surface area contributed by atoms with Crippen molar-refractivity contribution in [2.75, 3.05) is 5.32 Å². The van der Waals surface area contributed by atoms with Crippen LogP contribution < -0.4 is 5.32 Å². The summed E-state index contributed by atoms with van der Waals surface area (Å²) in [5.74, 6) is 1.67. The van der Waals surface area contributed by atoms with Gasteiger partial charge in [0, 0.05) is 6.04 Å². The molecule has 1 aliphatic rings. The summed E-state index contributed by atoms with van der Waals surface area (Å²) >= 11 is 1.65. The molecule has 1 fully saturated rings. The number of hydrogen-bond donors (Lipinski definition) is 1. The van der Waals surface area contributed by atoms with Crippen molar-refractivity contribution in [1.29, 1.82) is 0 Å². The van der Waals surface area contributed by atoms with Crippen LogP contribution in [0.1, 0.15) is 38.1 Å². The number of rotatable bonds is 2. The van der Waals surface area contributed by atoms with Crippen LogP contribution in [0.25, 0.3) is 0 Å². The molecule has 1 saturated carbocycles. The molecule has 4 heteroatoms. The zero-order chi connectivity index (χ0) is 10.8. The van der Waals surface area contributed by atoms with Crippen molar-refractivity contribution in [2.24, 2.45) is 11.8 Å². The minimum Gasteiger partial charge on any atom is -0.357 e. The Hall–Kier alpha value is -0.640. The highest BCUT2D eigenvalue weighted by Gasteiger charge is 2.24. The summed E-state index contributed by atoms with van der Waals surface area (Å²) in [7, 11) is 0. The molecule has 1 heterocycles. The van der Waals surface area contributed by atoms with E-state index in [0.717, 1.165) is 22.0 Å². The summed E-state index contributed by atoms with van der Waals surface area (Å²) in [6.45, 7) is 6.68. The van der Waals surface area contributed by atoms with E-state index in [0.29, 0.717) is 6.04 Å². The molecule has 0 bridgehead atoms. The largest absolute Gasteiger partial charge is 0.357 e. The molecule has 84 valence electrons. The summed E-state index contributed by atoms with van der Waals surface area (Å²) in [4.78, 5) is 0. The maximum atomic E-state index is 4.12. The Morgan fingerprint density at radius 3 is 2.33 bits per heavy atom. The number of nitrogens with one attached hydrogen (secondary N) is 1. The van der Waals surface area contributed by atoms with Crippen molar-refractivity contribution in [3.8, 4) is 0 Å². The number of hydrogen-bond acceptors (Lipinski definition) is 4. The summed E-state index contributed by atoms with van der Waals surface area (Å²) in [6, 6.07) is 0.594. The van der Waals surface area contributed by atoms with Gasteiger partial charge in [0.25, 0.3) is 0 Å². The Morgan fingerprint density at radius 1 is 1.13 bits per heavy atom. The molecule has 0 saturated heterocycles. The van der Waals surface area contributed by atoms with Crippen LogP contribution in [0.4, 0.5) is 5.13 Å². The third kappa shape index (κ3) is 2.91. The fourth-order valence-electron chi connectivity index (χ4n) is 2.59. The van der Waals surface area contributed by atoms with Crippen LogP contribution in [0.3, 0.4) is 0 Å². The van der Waals surface area contributed by atoms with Crippen LogP contribution in [0.15, 0.2) is 0 Å². The maximum Gasteiger partial charge on any atom is 0.205 e. The Labute approximate surface area is 95.3 Å². The van der Waals surface area contributed by atoms with Crippen molar-refractivity contribution < 1.29 is 0 Å². The monoisotopic (exact) mass is 225 g/mol. The fourth-order valence-corrected chi connectivity index (χ4v) is 3.26. The van der Waals surface area contributed by atoms with E-state index in [-0.39, 0.29) is 0 Å². The lowest BCUT2D eigenvalue weighted by atomic mass is 9.80. The van der Waals surface area contributed by atoms with Gasteiger partial charge < -0.3 is 5.32 Å². The van der Waals surface area contributed by atoms with E-state index in [1.54, 1.807) is 11.3 Å². The predicted molar refractivity (Wildman–Crippen MR) is 64.2 cm³/mol. The topological polar surface area (TPSA) is 37.8 Å². The van der Waals surface area contributed by atoms with E-state index in [1.807, 2.05) is 6.92 Å². The number of aromatic nitrogens is 2. The first kappa shape index (κ1) is 10.9. The predicted octanol–water partition coefficient (Wildman–Crippen LogP) is 3.08. The third-order valence-corrected chi connectivity index (χ3v) is 3.80. The van der Waals surface area contributed by atoms with Gasteiger partial charge in [0.05, 0.1) is 0 Å². The first-order valence-corrected chi connectivity index (χ1v) is 6.51. The SMILES string of the molecule is Cc1nnc(NC2CC(C)CC(C)C2)s1. The molecule has 0 spiro atoms. The van der Waals surface area contributed by atoms with Gasteiger partial charge in [-0.15, -0.1) is 10.2 Å². The van der Waals surface area contributed by atoms with E-state index in [4.69, 9.17) is 0 Å². The molecule has 3 nitrogen and oxygen atoms in total. The first-order valence-electron chi connectivity index (χ1n) is 5.70. The summed E-state index contributed by atoms with van der Waals surface area (Å²) in [5.41, 5.74) is 0. The standard InChI is InChI=1S/C11H19N3S/c1-7-4-8(2)6-10(5-7)12-11-14-13-9(3)15-11/h7-8,10H,4-6H2,1-3H3,(H,12,14). The van der Waals surface area contributed by atoms with Gasteiger partial charge in [-0.3, -0.25) is 0 Å². The van der Waals surface area contributed by atoms with Crippen LogP contribution in [-0.4, -0.2) is 16.2 Å². The van der Waals surface area contributed by atoms with Crippen molar-refractivity contribution in [3.63, 3.8) is 0 Å². The van der Waals surface area contributed by atoms with Gasteiger partial charge in [-0.1, -0.05) is 25.2 Å². The van der Waals surface area contributed by atoms with Gasteiger partial charge in [-0.25, -0.2) is 0 Å². The normalized spacial score (nSPS) is 31.5. The Bertz CT molecular complexity index is 313. The van der Waals surface area contributed by atoms with Crippen molar-refractivity contribution in [1.82, 2.24) is 10.2 Å². The molecule has 2 unspecified atom stereocenters. The first-order chi connectivity index (χ1) is 7.13. The highest BCUT2D eigenvalue weighted by atomic mass is 32.1. The van der Waals surface area contributed by atoms with Crippen molar-refractivity contribution >= 4 is 16.5 Å². The molecule has 0 amide bonds. The fraction of sp³-hybridized carbons (Fsp3) is 0.818. The van der Waals surface area contributed by atoms with E-state index in [2.05, 4.69) is 29.4 Å². The highest BCUT2D eigenvalue weighted by molar-refractivity contribution is 7.15. The van der Waals surface area contributed by atoms with E-state index in [1.165, 1.54) is 19.3 Å². The Balaban J connectivity index is 1.94. The number of aryl methyl sites for hydroxylation is 1. The quantitative estimate of drug-likeness (QED) is 0.840. The van der Waals surface area contributed by atoms with Crippen LogP contribution in [-0.2, 0) is 0 Å². The summed E-state index contributed by atoms with van der Waals surface area (Å²) in [5, 5.41) is 13.7. The van der Waals surface area contributed by atoms with Crippen LogP contribution in [0.5, 0.6) is 0 Å². The average Bonchev–Trinajstić information content (AvgIpc) is 2.49. The zero-order valence-electron chi connectivity index (χ0n) is 9.66. The molecular weight excluding hydrogens is 206 g/mol. The van der Waals surface area contributed by atoms with E-state index < -0.39 is 0 Å². The maximum absolute atomic E-state index is 4.12. The van der Waals surface area contributed by atoms with Gasteiger partial charge in [0.1, 0.15) is 5.01 Å². The van der Waals surface area contributed by atoms with Crippen LogP contribution in [0.2, 0.25) is 0 Å². The zero-order valence-corrected chi connectivity index (χ0v) is 10.5. The molecule has 0 aromatic carbocycles. The molecule has 0 aliphatic heterocycles. The Morgan fingerprint density at radius 2 is 1.80 bits per heavy atom. The summed E-state index contributed by atoms with van der Waals surface area (Å²) in [6.07, 6.45) is 3.90. The van der Waals surface area contributed by atoms with Crippen LogP contribution in [0, 0.1) is 18.8 Å². The van der Waals surface area contributed by atoms with E-state index in [9.17, 15) is 0 Å². The van der Waals surface area contributed by atoms with Crippen molar-refractivity contribution in [3.05, 3.63) is 5.01 Å². The Kier molecular flexibility index (Phi) is 3.24. The number of nitrogens with zero attached hydrogens (tertiary/aromatic N) is 2. The van der Waals surface area contributed by atoms with Gasteiger partial charge >= 0.3 is 0 Å². The van der Waals surface area contributed by atoms with Gasteiger partial charge in [-0.2, -0.15) is 0 Å². The van der Waals surface area contributed by atoms with Crippen LogP contribution >= 0.6 is 11.3 Å². The molecule has 1 aliphatic carbocycles.